The molecule has 1 aromatic carbocycles. The Labute approximate surface area is 124 Å². The topological polar surface area (TPSA) is 30.5 Å². The molecule has 5 heteroatoms. The van der Waals surface area contributed by atoms with E-state index in [9.17, 15) is 0 Å². The minimum absolute atomic E-state index is 0.287. The van der Waals surface area contributed by atoms with E-state index in [1.54, 1.807) is 11.3 Å². The summed E-state index contributed by atoms with van der Waals surface area (Å²) < 4.78 is 12.6. The smallest absolute Gasteiger partial charge is 0.127 e. The van der Waals surface area contributed by atoms with Gasteiger partial charge in [0.25, 0.3) is 0 Å². The van der Waals surface area contributed by atoms with Gasteiger partial charge in [-0.25, -0.2) is 0 Å². The molecule has 2 heterocycles. The zero-order valence-corrected chi connectivity index (χ0v) is 12.9. The van der Waals surface area contributed by atoms with Crippen LogP contribution in [0.25, 0.3) is 0 Å². The molecular weight excluding hydrogens is 326 g/mol. The van der Waals surface area contributed by atoms with Crippen molar-refractivity contribution in [1.82, 2.24) is 5.32 Å². The van der Waals surface area contributed by atoms with Crippen LogP contribution in [0.1, 0.15) is 16.5 Å². The first-order valence-corrected chi connectivity index (χ1v) is 7.74. The summed E-state index contributed by atoms with van der Waals surface area (Å²) in [5, 5.41) is 5.28. The molecule has 1 aliphatic rings. The zero-order chi connectivity index (χ0) is 13.2. The standard InChI is InChI=1S/C14H14BrNO2S/c1-16-12-7-18-13-6-9(2-3-10(12)13)17-8-14-11(15)4-5-19-14/h2-6,12,16H,7-8H2,1H3. The first-order chi connectivity index (χ1) is 9.28. The first-order valence-electron chi connectivity index (χ1n) is 6.06. The second-order valence-corrected chi connectivity index (χ2v) is 6.19. The monoisotopic (exact) mass is 339 g/mol. The van der Waals surface area contributed by atoms with E-state index < -0.39 is 0 Å². The molecule has 0 fully saturated rings. The van der Waals surface area contributed by atoms with Crippen LogP contribution in [0.15, 0.2) is 34.1 Å². The summed E-state index contributed by atoms with van der Waals surface area (Å²) in [5.74, 6) is 1.76. The van der Waals surface area contributed by atoms with E-state index in [1.807, 2.05) is 30.6 Å². The van der Waals surface area contributed by atoms with Crippen molar-refractivity contribution in [3.8, 4) is 11.5 Å². The second-order valence-electron chi connectivity index (χ2n) is 4.33. The molecule has 3 nitrogen and oxygen atoms in total. The van der Waals surface area contributed by atoms with Crippen LogP contribution < -0.4 is 14.8 Å². The summed E-state index contributed by atoms with van der Waals surface area (Å²) in [6, 6.07) is 8.36. The first kappa shape index (κ1) is 13.0. The normalized spacial score (nSPS) is 17.1. The molecule has 0 saturated carbocycles. The number of thiophene rings is 1. The van der Waals surface area contributed by atoms with Crippen molar-refractivity contribution in [2.75, 3.05) is 13.7 Å². The van der Waals surface area contributed by atoms with Gasteiger partial charge in [-0.15, -0.1) is 11.3 Å². The molecule has 1 aromatic heterocycles. The van der Waals surface area contributed by atoms with Gasteiger partial charge in [-0.05, 0) is 46.6 Å². The fourth-order valence-electron chi connectivity index (χ4n) is 2.10. The maximum Gasteiger partial charge on any atom is 0.127 e. The Kier molecular flexibility index (Phi) is 3.77. The van der Waals surface area contributed by atoms with E-state index in [4.69, 9.17) is 9.47 Å². The van der Waals surface area contributed by atoms with Gasteiger partial charge in [-0.1, -0.05) is 0 Å². The highest BCUT2D eigenvalue weighted by atomic mass is 79.9. The average molecular weight is 340 g/mol. The van der Waals surface area contributed by atoms with Gasteiger partial charge in [-0.3, -0.25) is 0 Å². The van der Waals surface area contributed by atoms with Crippen molar-refractivity contribution < 1.29 is 9.47 Å². The van der Waals surface area contributed by atoms with Crippen molar-refractivity contribution in [3.05, 3.63) is 44.6 Å². The fourth-order valence-corrected chi connectivity index (χ4v) is 3.47. The van der Waals surface area contributed by atoms with Crippen molar-refractivity contribution in [3.63, 3.8) is 0 Å². The summed E-state index contributed by atoms with van der Waals surface area (Å²) in [6.07, 6.45) is 0. The third-order valence-corrected chi connectivity index (χ3v) is 5.08. The number of likely N-dealkylation sites (N-methyl/N-ethyl adjacent to an activating group) is 1. The summed E-state index contributed by atoms with van der Waals surface area (Å²) in [6.45, 7) is 1.26. The molecule has 100 valence electrons. The highest BCUT2D eigenvalue weighted by molar-refractivity contribution is 9.10. The van der Waals surface area contributed by atoms with Crippen LogP contribution in [-0.4, -0.2) is 13.7 Å². The third-order valence-electron chi connectivity index (χ3n) is 3.18. The Morgan fingerprint density at radius 2 is 2.37 bits per heavy atom. The Morgan fingerprint density at radius 1 is 1.47 bits per heavy atom. The van der Waals surface area contributed by atoms with Crippen LogP contribution in [-0.2, 0) is 6.61 Å². The van der Waals surface area contributed by atoms with Crippen molar-refractivity contribution in [1.29, 1.82) is 0 Å². The number of halogens is 1. The molecule has 1 unspecified atom stereocenters. The largest absolute Gasteiger partial charge is 0.491 e. The summed E-state index contributed by atoms with van der Waals surface area (Å²) in [5.41, 5.74) is 1.20. The minimum Gasteiger partial charge on any atom is -0.491 e. The molecule has 0 radical (unpaired) electrons. The number of fused-ring (bicyclic) bond motifs is 1. The van der Waals surface area contributed by atoms with E-state index in [2.05, 4.69) is 27.3 Å². The lowest BCUT2D eigenvalue weighted by atomic mass is 10.1. The summed E-state index contributed by atoms with van der Waals surface area (Å²) in [4.78, 5) is 1.19. The number of ether oxygens (including phenoxy) is 2. The number of benzene rings is 1. The third kappa shape index (κ3) is 2.63. The van der Waals surface area contributed by atoms with Gasteiger partial charge in [0.15, 0.2) is 0 Å². The fraction of sp³-hybridized carbons (Fsp3) is 0.286. The summed E-state index contributed by atoms with van der Waals surface area (Å²) in [7, 11) is 1.95. The van der Waals surface area contributed by atoms with Gasteiger partial charge in [0.05, 0.1) is 10.9 Å². The van der Waals surface area contributed by atoms with Crippen LogP contribution in [0.3, 0.4) is 0 Å². The quantitative estimate of drug-likeness (QED) is 0.920. The van der Waals surface area contributed by atoms with Crippen LogP contribution >= 0.6 is 27.3 Å². The molecule has 19 heavy (non-hydrogen) atoms. The molecule has 0 aliphatic carbocycles. The predicted molar refractivity (Wildman–Crippen MR) is 80.1 cm³/mol. The Hall–Kier alpha value is -1.04. The number of nitrogens with one attached hydrogen (secondary N) is 1. The van der Waals surface area contributed by atoms with Crippen molar-refractivity contribution >= 4 is 27.3 Å². The van der Waals surface area contributed by atoms with Gasteiger partial charge >= 0.3 is 0 Å². The lowest BCUT2D eigenvalue weighted by Gasteiger charge is -2.08. The lowest BCUT2D eigenvalue weighted by Crippen LogP contribution is -2.17. The molecule has 0 saturated heterocycles. The Balaban J connectivity index is 1.72. The van der Waals surface area contributed by atoms with Gasteiger partial charge in [0, 0.05) is 16.1 Å². The van der Waals surface area contributed by atoms with E-state index in [1.165, 1.54) is 10.4 Å². The molecule has 3 rings (SSSR count). The molecule has 0 bridgehead atoms. The van der Waals surface area contributed by atoms with E-state index in [0.717, 1.165) is 16.0 Å². The van der Waals surface area contributed by atoms with E-state index >= 15 is 0 Å². The minimum atomic E-state index is 0.287. The predicted octanol–water partition coefficient (Wildman–Crippen LogP) is 3.74. The second kappa shape index (κ2) is 5.53. The van der Waals surface area contributed by atoms with Gasteiger partial charge < -0.3 is 14.8 Å². The number of rotatable bonds is 4. The SMILES string of the molecule is CNC1COc2cc(OCc3sccc3Br)ccc21. The van der Waals surface area contributed by atoms with Crippen LogP contribution in [0.5, 0.6) is 11.5 Å². The molecule has 1 aliphatic heterocycles. The van der Waals surface area contributed by atoms with Gasteiger partial charge in [-0.2, -0.15) is 0 Å². The van der Waals surface area contributed by atoms with E-state index in [-0.39, 0.29) is 6.04 Å². The van der Waals surface area contributed by atoms with Crippen LogP contribution in [0.4, 0.5) is 0 Å². The number of hydrogen-bond donors (Lipinski definition) is 1. The Bertz CT molecular complexity index is 585. The molecule has 0 spiro atoms. The van der Waals surface area contributed by atoms with E-state index in [0.29, 0.717) is 13.2 Å². The van der Waals surface area contributed by atoms with Crippen LogP contribution in [0, 0.1) is 0 Å². The van der Waals surface area contributed by atoms with Crippen molar-refractivity contribution in [2.24, 2.45) is 0 Å². The lowest BCUT2D eigenvalue weighted by molar-refractivity contribution is 0.300. The highest BCUT2D eigenvalue weighted by Gasteiger charge is 2.22. The molecular formula is C14H14BrNO2S. The maximum absolute atomic E-state index is 5.81. The highest BCUT2D eigenvalue weighted by Crippen LogP contribution is 2.35. The molecule has 0 amide bonds. The maximum atomic E-state index is 5.81. The van der Waals surface area contributed by atoms with Gasteiger partial charge in [0.2, 0.25) is 0 Å². The average Bonchev–Trinajstić information content (AvgIpc) is 3.01. The van der Waals surface area contributed by atoms with Crippen molar-refractivity contribution in [2.45, 2.75) is 12.6 Å². The number of hydrogen-bond acceptors (Lipinski definition) is 4. The summed E-state index contributed by atoms with van der Waals surface area (Å²) >= 11 is 5.19. The molecule has 1 atom stereocenters. The van der Waals surface area contributed by atoms with Gasteiger partial charge in [0.1, 0.15) is 24.7 Å². The van der Waals surface area contributed by atoms with Crippen LogP contribution in [0.2, 0.25) is 0 Å². The zero-order valence-electron chi connectivity index (χ0n) is 10.5. The Morgan fingerprint density at radius 3 is 3.11 bits per heavy atom. The molecule has 2 aromatic rings. The molecule has 1 N–H and O–H groups in total.